The van der Waals surface area contributed by atoms with E-state index in [0.29, 0.717) is 54.2 Å². The Morgan fingerprint density at radius 1 is 1.12 bits per heavy atom. The third-order valence-corrected chi connectivity index (χ3v) is 5.72. The summed E-state index contributed by atoms with van der Waals surface area (Å²) in [6.07, 6.45) is 2.07. The molecule has 1 aliphatic rings. The molecule has 1 N–H and O–H groups in total. The first-order chi connectivity index (χ1) is 16.5. The summed E-state index contributed by atoms with van der Waals surface area (Å²) in [4.78, 5) is 14.7. The number of nitrogens with one attached hydrogen (secondary N) is 1. The van der Waals surface area contributed by atoms with Gasteiger partial charge in [-0.2, -0.15) is 0 Å². The van der Waals surface area contributed by atoms with Crippen molar-refractivity contribution in [3.05, 3.63) is 59.6 Å². The molecular formula is C24H27FN4O5. The minimum atomic E-state index is -0.290. The van der Waals surface area contributed by atoms with Gasteiger partial charge in [0.15, 0.2) is 11.5 Å². The molecule has 3 aromatic rings. The molecule has 1 aliphatic heterocycles. The van der Waals surface area contributed by atoms with E-state index in [4.69, 9.17) is 18.6 Å². The molecule has 2 heterocycles. The standard InChI is InChI=1S/C24H27FN4O5/c1-31-19-12-18(13-20(32-2)22(19)33-3)26-24(30)29-10-4-5-16(14-29)23-28-27-21(34-23)11-15-6-8-17(25)9-7-15/h6-9,12-13,16H,4-5,10-11,14H2,1-3H3,(H,26,30). The van der Waals surface area contributed by atoms with Crippen LogP contribution in [0.4, 0.5) is 14.9 Å². The molecule has 0 radical (unpaired) electrons. The number of anilines is 1. The van der Waals surface area contributed by atoms with Gasteiger partial charge in [-0.1, -0.05) is 12.1 Å². The van der Waals surface area contributed by atoms with E-state index >= 15 is 0 Å². The maximum atomic E-state index is 13.1. The molecule has 9 nitrogen and oxygen atoms in total. The Bertz CT molecular complexity index is 1110. The first kappa shape index (κ1) is 23.3. The normalized spacial score (nSPS) is 15.6. The number of urea groups is 1. The molecule has 1 saturated heterocycles. The summed E-state index contributed by atoms with van der Waals surface area (Å²) in [7, 11) is 4.56. The maximum Gasteiger partial charge on any atom is 0.321 e. The molecule has 0 bridgehead atoms. The smallest absolute Gasteiger partial charge is 0.321 e. The van der Waals surface area contributed by atoms with E-state index < -0.39 is 0 Å². The number of nitrogens with zero attached hydrogens (tertiary/aromatic N) is 3. The van der Waals surface area contributed by atoms with Crippen LogP contribution in [0.25, 0.3) is 0 Å². The Morgan fingerprint density at radius 2 is 1.82 bits per heavy atom. The quantitative estimate of drug-likeness (QED) is 0.551. The summed E-state index contributed by atoms with van der Waals surface area (Å²) >= 11 is 0. The molecule has 2 aromatic carbocycles. The molecule has 2 amide bonds. The monoisotopic (exact) mass is 470 g/mol. The number of hydrogen-bond donors (Lipinski definition) is 1. The number of likely N-dealkylation sites (tertiary alicyclic amines) is 1. The van der Waals surface area contributed by atoms with E-state index in [2.05, 4.69) is 15.5 Å². The van der Waals surface area contributed by atoms with Gasteiger partial charge in [-0.25, -0.2) is 9.18 Å². The first-order valence-electron chi connectivity index (χ1n) is 10.9. The van der Waals surface area contributed by atoms with Crippen molar-refractivity contribution in [3.63, 3.8) is 0 Å². The van der Waals surface area contributed by atoms with Gasteiger partial charge in [-0.3, -0.25) is 0 Å². The van der Waals surface area contributed by atoms with Gasteiger partial charge >= 0.3 is 6.03 Å². The van der Waals surface area contributed by atoms with E-state index in [1.54, 1.807) is 29.2 Å². The molecule has 1 atom stereocenters. The first-order valence-corrected chi connectivity index (χ1v) is 10.9. The fourth-order valence-corrected chi connectivity index (χ4v) is 4.00. The fourth-order valence-electron chi connectivity index (χ4n) is 4.00. The van der Waals surface area contributed by atoms with Crippen LogP contribution in [0, 0.1) is 5.82 Å². The van der Waals surface area contributed by atoms with Crippen LogP contribution in [-0.2, 0) is 6.42 Å². The molecule has 10 heteroatoms. The van der Waals surface area contributed by atoms with Crippen LogP contribution >= 0.6 is 0 Å². The molecule has 0 spiro atoms. The van der Waals surface area contributed by atoms with Crippen molar-refractivity contribution in [2.45, 2.75) is 25.2 Å². The lowest BCUT2D eigenvalue weighted by atomic mass is 9.98. The number of carbonyl (C=O) groups excluding carboxylic acids is 1. The highest BCUT2D eigenvalue weighted by atomic mass is 19.1. The van der Waals surface area contributed by atoms with Crippen molar-refractivity contribution in [3.8, 4) is 17.2 Å². The third kappa shape index (κ3) is 5.22. The maximum absolute atomic E-state index is 13.1. The fraction of sp³-hybridized carbons (Fsp3) is 0.375. The van der Waals surface area contributed by atoms with E-state index in [-0.39, 0.29) is 17.8 Å². The lowest BCUT2D eigenvalue weighted by molar-refractivity contribution is 0.186. The molecule has 0 saturated carbocycles. The second-order valence-corrected chi connectivity index (χ2v) is 7.97. The summed E-state index contributed by atoms with van der Waals surface area (Å²) in [6, 6.07) is 9.30. The van der Waals surface area contributed by atoms with Crippen molar-refractivity contribution in [2.24, 2.45) is 0 Å². The SMILES string of the molecule is COc1cc(NC(=O)N2CCCC(c3nnc(Cc4ccc(F)cc4)o3)C2)cc(OC)c1OC. The highest BCUT2D eigenvalue weighted by Gasteiger charge is 2.29. The Hall–Kier alpha value is -3.82. The second kappa shape index (κ2) is 10.4. The largest absolute Gasteiger partial charge is 0.493 e. The lowest BCUT2D eigenvalue weighted by Crippen LogP contribution is -2.41. The molecule has 1 unspecified atom stereocenters. The van der Waals surface area contributed by atoms with Gasteiger partial charge in [0.2, 0.25) is 17.5 Å². The summed E-state index contributed by atoms with van der Waals surface area (Å²) in [5.74, 6) is 1.97. The van der Waals surface area contributed by atoms with E-state index in [9.17, 15) is 9.18 Å². The highest BCUT2D eigenvalue weighted by molar-refractivity contribution is 5.90. The molecule has 180 valence electrons. The van der Waals surface area contributed by atoms with Crippen LogP contribution in [-0.4, -0.2) is 55.5 Å². The summed E-state index contributed by atoms with van der Waals surface area (Å²) < 4.78 is 35.0. The van der Waals surface area contributed by atoms with Crippen LogP contribution in [0.3, 0.4) is 0 Å². The molecule has 34 heavy (non-hydrogen) atoms. The minimum absolute atomic E-state index is 0.0612. The number of aromatic nitrogens is 2. The van der Waals surface area contributed by atoms with Crippen LogP contribution in [0.1, 0.15) is 36.1 Å². The van der Waals surface area contributed by atoms with E-state index in [1.165, 1.54) is 33.5 Å². The predicted octanol–water partition coefficient (Wildman–Crippen LogP) is 4.24. The van der Waals surface area contributed by atoms with Crippen molar-refractivity contribution in [1.29, 1.82) is 0 Å². The summed E-state index contributed by atoms with van der Waals surface area (Å²) in [6.45, 7) is 1.07. The van der Waals surface area contributed by atoms with Gasteiger partial charge in [0, 0.05) is 25.2 Å². The molecule has 1 aromatic heterocycles. The number of rotatable bonds is 7. The summed E-state index contributed by atoms with van der Waals surface area (Å²) in [5, 5.41) is 11.2. The number of amides is 2. The lowest BCUT2D eigenvalue weighted by Gasteiger charge is -2.31. The van der Waals surface area contributed by atoms with Gasteiger partial charge in [-0.15, -0.1) is 10.2 Å². The van der Waals surface area contributed by atoms with Crippen molar-refractivity contribution >= 4 is 11.7 Å². The molecule has 0 aliphatic carbocycles. The van der Waals surface area contributed by atoms with Crippen LogP contribution < -0.4 is 19.5 Å². The van der Waals surface area contributed by atoms with Crippen molar-refractivity contribution < 1.29 is 27.8 Å². The average molecular weight is 471 g/mol. The Balaban J connectivity index is 1.41. The zero-order chi connectivity index (χ0) is 24.1. The van der Waals surface area contributed by atoms with Gasteiger partial charge in [-0.05, 0) is 30.5 Å². The number of methoxy groups -OCH3 is 3. The molecular weight excluding hydrogens is 443 g/mol. The van der Waals surface area contributed by atoms with Crippen molar-refractivity contribution in [1.82, 2.24) is 15.1 Å². The number of piperidine rings is 1. The number of carbonyl (C=O) groups is 1. The zero-order valence-corrected chi connectivity index (χ0v) is 19.3. The number of benzene rings is 2. The van der Waals surface area contributed by atoms with Gasteiger partial charge in [0.05, 0.1) is 39.4 Å². The van der Waals surface area contributed by atoms with Crippen LogP contribution in [0.5, 0.6) is 17.2 Å². The van der Waals surface area contributed by atoms with E-state index in [1.807, 2.05) is 0 Å². The third-order valence-electron chi connectivity index (χ3n) is 5.72. The van der Waals surface area contributed by atoms with Crippen LogP contribution in [0.15, 0.2) is 40.8 Å². The number of halogens is 1. The molecule has 1 fully saturated rings. The Morgan fingerprint density at radius 3 is 2.47 bits per heavy atom. The van der Waals surface area contributed by atoms with Crippen LogP contribution in [0.2, 0.25) is 0 Å². The van der Waals surface area contributed by atoms with E-state index in [0.717, 1.165) is 18.4 Å². The topological polar surface area (TPSA) is 99.0 Å². The Kier molecular flexibility index (Phi) is 7.15. The highest BCUT2D eigenvalue weighted by Crippen LogP contribution is 2.40. The average Bonchev–Trinajstić information content (AvgIpc) is 3.33. The minimum Gasteiger partial charge on any atom is -0.493 e. The predicted molar refractivity (Wildman–Crippen MR) is 122 cm³/mol. The van der Waals surface area contributed by atoms with Crippen molar-refractivity contribution in [2.75, 3.05) is 39.7 Å². The van der Waals surface area contributed by atoms with Gasteiger partial charge < -0.3 is 28.8 Å². The number of ether oxygens (including phenoxy) is 3. The second-order valence-electron chi connectivity index (χ2n) is 7.97. The number of hydrogen-bond acceptors (Lipinski definition) is 7. The Labute approximate surface area is 196 Å². The van der Waals surface area contributed by atoms with Gasteiger partial charge in [0.25, 0.3) is 0 Å². The zero-order valence-electron chi connectivity index (χ0n) is 19.3. The molecule has 4 rings (SSSR count). The van der Waals surface area contributed by atoms with Gasteiger partial charge in [0.1, 0.15) is 5.82 Å². The summed E-state index contributed by atoms with van der Waals surface area (Å²) in [5.41, 5.74) is 1.41.